The zero-order valence-electron chi connectivity index (χ0n) is 17.5. The molecule has 3 rings (SSSR count). The van der Waals surface area contributed by atoms with Crippen molar-refractivity contribution in [3.05, 3.63) is 59.2 Å². The van der Waals surface area contributed by atoms with Crippen LogP contribution in [0, 0.1) is 5.82 Å². The molecule has 0 aliphatic heterocycles. The first-order valence-electron chi connectivity index (χ1n) is 9.83. The van der Waals surface area contributed by atoms with Gasteiger partial charge >= 0.3 is 5.97 Å². The molecule has 1 aromatic carbocycles. The number of hydrogen-bond acceptors (Lipinski definition) is 5. The highest BCUT2D eigenvalue weighted by molar-refractivity contribution is 6.03. The zero-order chi connectivity index (χ0) is 21.8. The Labute approximate surface area is 174 Å². The van der Waals surface area contributed by atoms with Gasteiger partial charge in [-0.2, -0.15) is 5.10 Å². The van der Waals surface area contributed by atoms with Gasteiger partial charge in [0.05, 0.1) is 17.1 Å². The number of halogens is 1. The van der Waals surface area contributed by atoms with Gasteiger partial charge in [0.1, 0.15) is 5.82 Å². The maximum Gasteiger partial charge on any atom is 0.339 e. The van der Waals surface area contributed by atoms with Gasteiger partial charge < -0.3 is 10.1 Å². The van der Waals surface area contributed by atoms with Crippen molar-refractivity contribution in [1.82, 2.24) is 20.1 Å². The Morgan fingerprint density at radius 2 is 1.93 bits per heavy atom. The smallest absolute Gasteiger partial charge is 0.339 e. The molecule has 0 unspecified atom stereocenters. The number of carbonyl (C=O) groups is 2. The Morgan fingerprint density at radius 3 is 2.60 bits per heavy atom. The van der Waals surface area contributed by atoms with Gasteiger partial charge in [0.2, 0.25) is 0 Å². The van der Waals surface area contributed by atoms with Crippen LogP contribution in [0.1, 0.15) is 61.3 Å². The highest BCUT2D eigenvalue weighted by Gasteiger charge is 2.20. The summed E-state index contributed by atoms with van der Waals surface area (Å²) in [4.78, 5) is 29.4. The maximum atomic E-state index is 13.6. The van der Waals surface area contributed by atoms with E-state index in [0.717, 1.165) is 5.69 Å². The van der Waals surface area contributed by atoms with Crippen LogP contribution in [-0.2, 0) is 16.1 Å². The van der Waals surface area contributed by atoms with Gasteiger partial charge in [-0.1, -0.05) is 32.0 Å². The molecule has 0 aliphatic carbocycles. The number of aromatic nitrogens is 3. The summed E-state index contributed by atoms with van der Waals surface area (Å²) in [7, 11) is 0. The minimum absolute atomic E-state index is 0.0151. The van der Waals surface area contributed by atoms with Crippen LogP contribution in [0.15, 0.2) is 36.5 Å². The number of rotatable bonds is 7. The van der Waals surface area contributed by atoms with Gasteiger partial charge in [-0.3, -0.25) is 4.79 Å². The number of ether oxygens (including phenoxy) is 1. The molecular weight excluding hydrogens is 387 g/mol. The molecule has 3 aromatic rings. The number of carbonyl (C=O) groups excluding carboxylic acids is 2. The summed E-state index contributed by atoms with van der Waals surface area (Å²) in [5.74, 6) is -1.45. The summed E-state index contributed by atoms with van der Waals surface area (Å²) < 4.78 is 20.6. The molecule has 2 heterocycles. The first kappa shape index (κ1) is 21.4. The van der Waals surface area contributed by atoms with Crippen LogP contribution in [0.25, 0.3) is 11.0 Å². The topological polar surface area (TPSA) is 86.1 Å². The largest absolute Gasteiger partial charge is 0.452 e. The third-order valence-corrected chi connectivity index (χ3v) is 4.66. The lowest BCUT2D eigenvalue weighted by Gasteiger charge is -2.12. The van der Waals surface area contributed by atoms with Crippen LogP contribution in [-0.4, -0.2) is 33.2 Å². The molecule has 0 spiro atoms. The quantitative estimate of drug-likeness (QED) is 0.598. The number of esters is 1. The molecule has 158 valence electrons. The average Bonchev–Trinajstić information content (AvgIpc) is 3.15. The van der Waals surface area contributed by atoms with Crippen LogP contribution >= 0.6 is 0 Å². The molecule has 2 aromatic heterocycles. The van der Waals surface area contributed by atoms with Crippen molar-refractivity contribution < 1.29 is 18.7 Å². The van der Waals surface area contributed by atoms with Crippen LogP contribution in [0.3, 0.4) is 0 Å². The second-order valence-electron chi connectivity index (χ2n) is 7.61. The fourth-order valence-electron chi connectivity index (χ4n) is 2.98. The number of hydrogen-bond donors (Lipinski definition) is 1. The summed E-state index contributed by atoms with van der Waals surface area (Å²) in [5.41, 5.74) is 2.02. The Hall–Kier alpha value is -3.29. The number of benzene rings is 1. The molecule has 0 saturated heterocycles. The van der Waals surface area contributed by atoms with E-state index in [1.54, 1.807) is 35.1 Å². The van der Waals surface area contributed by atoms with E-state index in [2.05, 4.69) is 15.4 Å². The molecular formula is C22H25FN4O3. The van der Waals surface area contributed by atoms with E-state index in [-0.39, 0.29) is 18.5 Å². The van der Waals surface area contributed by atoms with Crippen molar-refractivity contribution in [2.45, 2.75) is 46.2 Å². The number of nitrogens with zero attached hydrogens (tertiary/aromatic N) is 3. The lowest BCUT2D eigenvalue weighted by molar-refractivity contribution is -0.124. The first-order chi connectivity index (χ1) is 14.3. The average molecular weight is 412 g/mol. The van der Waals surface area contributed by atoms with E-state index < -0.39 is 24.3 Å². The van der Waals surface area contributed by atoms with Crippen LogP contribution in [0.2, 0.25) is 0 Å². The van der Waals surface area contributed by atoms with E-state index in [9.17, 15) is 14.0 Å². The van der Waals surface area contributed by atoms with Crippen molar-refractivity contribution in [3.8, 4) is 0 Å². The van der Waals surface area contributed by atoms with Gasteiger partial charge in [-0.25, -0.2) is 18.9 Å². The molecule has 8 heteroatoms. The van der Waals surface area contributed by atoms with Gasteiger partial charge in [-0.15, -0.1) is 0 Å². The lowest BCUT2D eigenvalue weighted by atomic mass is 10.1. The van der Waals surface area contributed by atoms with E-state index in [1.807, 2.05) is 27.7 Å². The molecule has 0 radical (unpaired) electrons. The Kier molecular flexibility index (Phi) is 6.44. The summed E-state index contributed by atoms with van der Waals surface area (Å²) in [6, 6.07) is 7.91. The fourth-order valence-corrected chi connectivity index (χ4v) is 2.98. The maximum absolute atomic E-state index is 13.6. The standard InChI is InChI=1S/C22H25FN4O3/c1-13(2)19-9-16(17-11-25-27(14(3)4)21(17)26-19)22(29)30-12-20(28)24-10-15-7-5-6-8-18(15)23/h5-9,11,13-14H,10,12H2,1-4H3,(H,24,28). The Morgan fingerprint density at radius 1 is 1.20 bits per heavy atom. The fraction of sp³-hybridized carbons (Fsp3) is 0.364. The van der Waals surface area contributed by atoms with Gasteiger partial charge in [-0.05, 0) is 31.9 Å². The monoisotopic (exact) mass is 412 g/mol. The highest BCUT2D eigenvalue weighted by atomic mass is 19.1. The normalized spacial score (nSPS) is 11.3. The van der Waals surface area contributed by atoms with Gasteiger partial charge in [0, 0.05) is 23.8 Å². The predicted octanol–water partition coefficient (Wildman–Crippen LogP) is 3.75. The van der Waals surface area contributed by atoms with Gasteiger partial charge in [0.15, 0.2) is 12.3 Å². The predicted molar refractivity (Wildman–Crippen MR) is 111 cm³/mol. The molecule has 30 heavy (non-hydrogen) atoms. The minimum Gasteiger partial charge on any atom is -0.452 e. The van der Waals surface area contributed by atoms with Crippen molar-refractivity contribution in [2.75, 3.05) is 6.61 Å². The van der Waals surface area contributed by atoms with Gasteiger partial charge in [0.25, 0.3) is 5.91 Å². The second-order valence-corrected chi connectivity index (χ2v) is 7.61. The lowest BCUT2D eigenvalue weighted by Crippen LogP contribution is -2.28. The summed E-state index contributed by atoms with van der Waals surface area (Å²) in [6.07, 6.45) is 1.58. The summed E-state index contributed by atoms with van der Waals surface area (Å²) >= 11 is 0. The van der Waals surface area contributed by atoms with Crippen molar-refractivity contribution in [2.24, 2.45) is 0 Å². The third-order valence-electron chi connectivity index (χ3n) is 4.66. The molecule has 1 N–H and O–H groups in total. The Balaban J connectivity index is 1.73. The zero-order valence-corrected chi connectivity index (χ0v) is 17.5. The third kappa shape index (κ3) is 4.64. The van der Waals surface area contributed by atoms with E-state index >= 15 is 0 Å². The van der Waals surface area contributed by atoms with Crippen molar-refractivity contribution in [3.63, 3.8) is 0 Å². The number of nitrogens with one attached hydrogen (secondary N) is 1. The van der Waals surface area contributed by atoms with E-state index in [1.165, 1.54) is 6.07 Å². The summed E-state index contributed by atoms with van der Waals surface area (Å²) in [6.45, 7) is 7.47. The SMILES string of the molecule is CC(C)c1cc(C(=O)OCC(=O)NCc2ccccc2F)c2cnn(C(C)C)c2n1. The van der Waals surface area contributed by atoms with Crippen LogP contribution in [0.4, 0.5) is 4.39 Å². The molecule has 0 atom stereocenters. The number of pyridine rings is 1. The number of amides is 1. The molecule has 0 saturated carbocycles. The minimum atomic E-state index is -0.631. The van der Waals surface area contributed by atoms with Crippen molar-refractivity contribution in [1.29, 1.82) is 0 Å². The van der Waals surface area contributed by atoms with Crippen molar-refractivity contribution >= 4 is 22.9 Å². The molecule has 0 fully saturated rings. The summed E-state index contributed by atoms with van der Waals surface area (Å²) in [5, 5.41) is 7.46. The van der Waals surface area contributed by atoms with Crippen LogP contribution < -0.4 is 5.32 Å². The molecule has 0 aliphatic rings. The highest BCUT2D eigenvalue weighted by Crippen LogP contribution is 2.24. The van der Waals surface area contributed by atoms with Crippen LogP contribution in [0.5, 0.6) is 0 Å². The Bertz CT molecular complexity index is 1080. The molecule has 1 amide bonds. The first-order valence-corrected chi connectivity index (χ1v) is 9.83. The van der Waals surface area contributed by atoms with E-state index in [4.69, 9.17) is 4.74 Å². The molecule has 7 nitrogen and oxygen atoms in total. The second kappa shape index (κ2) is 9.02. The van der Waals surface area contributed by atoms with E-state index in [0.29, 0.717) is 22.2 Å². The molecule has 0 bridgehead atoms. The number of fused-ring (bicyclic) bond motifs is 1.